The number of alkyl halides is 3. The zero-order valence-electron chi connectivity index (χ0n) is 20.6. The molecule has 0 saturated carbocycles. The summed E-state index contributed by atoms with van der Waals surface area (Å²) in [4.78, 5) is 27.1. The van der Waals surface area contributed by atoms with E-state index < -0.39 is 17.6 Å². The fraction of sp³-hybridized carbons (Fsp3) is 0.360. The van der Waals surface area contributed by atoms with Crippen molar-refractivity contribution in [3.8, 4) is 11.3 Å². The Balaban J connectivity index is 1.38. The van der Waals surface area contributed by atoms with Gasteiger partial charge in [-0.1, -0.05) is 19.1 Å². The highest BCUT2D eigenvalue weighted by atomic mass is 19.4. The molecule has 12 heteroatoms. The van der Waals surface area contributed by atoms with Gasteiger partial charge in [0.1, 0.15) is 11.6 Å². The van der Waals surface area contributed by atoms with E-state index >= 15 is 0 Å². The zero-order valence-corrected chi connectivity index (χ0v) is 20.6. The van der Waals surface area contributed by atoms with Gasteiger partial charge in [-0.3, -0.25) is 4.79 Å². The average molecular weight is 515 g/mol. The second-order valence-corrected chi connectivity index (χ2v) is 8.61. The molecule has 3 N–H and O–H groups in total. The maximum Gasteiger partial charge on any atom is 0.417 e. The van der Waals surface area contributed by atoms with E-state index in [0.717, 1.165) is 44.5 Å². The van der Waals surface area contributed by atoms with Crippen molar-refractivity contribution in [2.75, 3.05) is 42.9 Å². The Bertz CT molecular complexity index is 1210. The summed E-state index contributed by atoms with van der Waals surface area (Å²) >= 11 is 0. The van der Waals surface area contributed by atoms with Crippen LogP contribution in [0.4, 0.5) is 24.7 Å². The lowest BCUT2D eigenvalue weighted by molar-refractivity contribution is -0.137. The molecule has 4 rings (SSSR count). The number of nitrogens with zero attached hydrogens (tertiary/aromatic N) is 5. The van der Waals surface area contributed by atoms with Crippen molar-refractivity contribution in [2.45, 2.75) is 26.4 Å². The highest BCUT2D eigenvalue weighted by Gasteiger charge is 2.34. The van der Waals surface area contributed by atoms with Gasteiger partial charge in [-0.15, -0.1) is 0 Å². The molecular formula is C25H29F3N8O. The molecular weight excluding hydrogens is 485 g/mol. The van der Waals surface area contributed by atoms with E-state index in [-0.39, 0.29) is 23.2 Å². The SMILES string of the molecule is CCNNN1CCN(c2ccc(NC(=O)Cc3ccc(-c4ccnc(C)n4)c(C(F)(F)F)c3)nc2)CC1. The number of amides is 1. The third-order valence-electron chi connectivity index (χ3n) is 5.88. The quantitative estimate of drug-likeness (QED) is 0.395. The van der Waals surface area contributed by atoms with E-state index in [2.05, 4.69) is 41.1 Å². The summed E-state index contributed by atoms with van der Waals surface area (Å²) in [5.41, 5.74) is 6.67. The Morgan fingerprint density at radius 2 is 1.84 bits per heavy atom. The number of benzene rings is 1. The molecule has 0 spiro atoms. The smallest absolute Gasteiger partial charge is 0.368 e. The van der Waals surface area contributed by atoms with Crippen molar-refractivity contribution in [3.05, 3.63) is 65.7 Å². The number of carbonyl (C=O) groups is 1. The normalized spacial score (nSPS) is 14.6. The number of anilines is 2. The largest absolute Gasteiger partial charge is 0.417 e. The molecule has 9 nitrogen and oxygen atoms in total. The fourth-order valence-electron chi connectivity index (χ4n) is 4.05. The van der Waals surface area contributed by atoms with Gasteiger partial charge < -0.3 is 10.2 Å². The minimum absolute atomic E-state index is 0.0577. The van der Waals surface area contributed by atoms with Crippen molar-refractivity contribution in [3.63, 3.8) is 0 Å². The molecule has 0 radical (unpaired) electrons. The van der Waals surface area contributed by atoms with E-state index in [9.17, 15) is 18.0 Å². The molecule has 0 aliphatic carbocycles. The highest BCUT2D eigenvalue weighted by Crippen LogP contribution is 2.37. The summed E-state index contributed by atoms with van der Waals surface area (Å²) in [6.45, 7) is 7.76. The minimum atomic E-state index is -4.61. The van der Waals surface area contributed by atoms with Gasteiger partial charge >= 0.3 is 6.18 Å². The van der Waals surface area contributed by atoms with E-state index in [0.29, 0.717) is 11.6 Å². The first kappa shape index (κ1) is 26.5. The summed E-state index contributed by atoms with van der Waals surface area (Å²) in [7, 11) is 0. The number of nitrogens with one attached hydrogen (secondary N) is 3. The molecule has 1 amide bonds. The summed E-state index contributed by atoms with van der Waals surface area (Å²) in [6, 6.07) is 8.83. The predicted octanol–water partition coefficient (Wildman–Crippen LogP) is 3.20. The average Bonchev–Trinajstić information content (AvgIpc) is 2.88. The summed E-state index contributed by atoms with van der Waals surface area (Å²) < 4.78 is 41.4. The standard InChI is InChI=1S/C25H29F3N8O/c1-3-31-34-36-12-10-35(11-13-36)19-5-7-23(30-16-19)33-24(37)15-18-4-6-20(21(14-18)25(26,27)28)22-8-9-29-17(2)32-22/h4-9,14,16,31,34H,3,10-13,15H2,1-2H3,(H,30,33,37). The number of aryl methyl sites for hydroxylation is 1. The molecule has 0 atom stereocenters. The molecule has 3 aromatic rings. The van der Waals surface area contributed by atoms with Crippen molar-refractivity contribution in [1.29, 1.82) is 0 Å². The van der Waals surface area contributed by atoms with E-state index in [4.69, 9.17) is 0 Å². The van der Waals surface area contributed by atoms with Crippen LogP contribution in [0.2, 0.25) is 0 Å². The lowest BCUT2D eigenvalue weighted by Crippen LogP contribution is -2.56. The minimum Gasteiger partial charge on any atom is -0.368 e. The first-order valence-corrected chi connectivity index (χ1v) is 12.0. The van der Waals surface area contributed by atoms with Crippen LogP contribution in [0.15, 0.2) is 48.8 Å². The molecule has 1 saturated heterocycles. The van der Waals surface area contributed by atoms with E-state index in [1.807, 2.05) is 13.0 Å². The number of hydrogen-bond acceptors (Lipinski definition) is 8. The van der Waals surface area contributed by atoms with Gasteiger partial charge in [-0.25, -0.2) is 25.4 Å². The number of rotatable bonds is 8. The number of aromatic nitrogens is 3. The Labute approximate surface area is 213 Å². The Hall–Kier alpha value is -3.61. The van der Waals surface area contributed by atoms with Gasteiger partial charge in [0.15, 0.2) is 0 Å². The maximum absolute atomic E-state index is 13.8. The summed E-state index contributed by atoms with van der Waals surface area (Å²) in [5, 5.41) is 4.77. The van der Waals surface area contributed by atoms with Crippen LogP contribution < -0.4 is 21.2 Å². The van der Waals surface area contributed by atoms with Gasteiger partial charge in [0, 0.05) is 44.5 Å². The van der Waals surface area contributed by atoms with Crippen molar-refractivity contribution < 1.29 is 18.0 Å². The molecule has 3 heterocycles. The van der Waals surface area contributed by atoms with Gasteiger partial charge in [-0.05, 0) is 36.8 Å². The number of carbonyl (C=O) groups excluding carboxylic acids is 1. The summed E-state index contributed by atoms with van der Waals surface area (Å²) in [5.74, 6) is 0.253. The van der Waals surface area contributed by atoms with E-state index in [1.165, 1.54) is 24.4 Å². The van der Waals surface area contributed by atoms with Crippen molar-refractivity contribution >= 4 is 17.4 Å². The first-order chi connectivity index (χ1) is 17.7. The van der Waals surface area contributed by atoms with Gasteiger partial charge in [0.25, 0.3) is 0 Å². The molecule has 0 unspecified atom stereocenters. The molecule has 37 heavy (non-hydrogen) atoms. The van der Waals surface area contributed by atoms with Gasteiger partial charge in [0.2, 0.25) is 5.91 Å². The van der Waals surface area contributed by atoms with Gasteiger partial charge in [0.05, 0.1) is 29.6 Å². The Morgan fingerprint density at radius 1 is 1.05 bits per heavy atom. The molecule has 1 aliphatic heterocycles. The fourth-order valence-corrected chi connectivity index (χ4v) is 4.05. The molecule has 0 bridgehead atoms. The van der Waals surface area contributed by atoms with Crippen LogP contribution in [-0.4, -0.2) is 58.6 Å². The second kappa shape index (κ2) is 11.6. The number of pyridine rings is 1. The predicted molar refractivity (Wildman–Crippen MR) is 134 cm³/mol. The number of piperazine rings is 1. The lowest BCUT2D eigenvalue weighted by atomic mass is 9.99. The van der Waals surface area contributed by atoms with Crippen LogP contribution in [0.5, 0.6) is 0 Å². The third kappa shape index (κ3) is 7.00. The Kier molecular flexibility index (Phi) is 8.31. The zero-order chi connectivity index (χ0) is 26.4. The maximum atomic E-state index is 13.8. The van der Waals surface area contributed by atoms with Crippen LogP contribution in [-0.2, 0) is 17.4 Å². The van der Waals surface area contributed by atoms with Crippen LogP contribution in [0.3, 0.4) is 0 Å². The topological polar surface area (TPSA) is 98.3 Å². The summed E-state index contributed by atoms with van der Waals surface area (Å²) in [6.07, 6.45) is -1.73. The number of halogens is 3. The van der Waals surface area contributed by atoms with Gasteiger partial charge in [-0.2, -0.15) is 18.7 Å². The molecule has 1 aliphatic rings. The van der Waals surface area contributed by atoms with E-state index in [1.54, 1.807) is 19.2 Å². The van der Waals surface area contributed by atoms with Crippen molar-refractivity contribution in [2.24, 2.45) is 0 Å². The molecule has 2 aromatic heterocycles. The molecule has 1 aromatic carbocycles. The molecule has 1 fully saturated rings. The monoisotopic (exact) mass is 514 g/mol. The van der Waals surface area contributed by atoms with Crippen LogP contribution >= 0.6 is 0 Å². The van der Waals surface area contributed by atoms with Crippen LogP contribution in [0.1, 0.15) is 23.9 Å². The van der Waals surface area contributed by atoms with Crippen molar-refractivity contribution in [1.82, 2.24) is 30.9 Å². The number of hydrazine groups is 2. The van der Waals surface area contributed by atoms with Crippen LogP contribution in [0.25, 0.3) is 11.3 Å². The van der Waals surface area contributed by atoms with Crippen LogP contribution in [0, 0.1) is 6.92 Å². The number of hydrogen-bond donors (Lipinski definition) is 3. The third-order valence-corrected chi connectivity index (χ3v) is 5.88. The Morgan fingerprint density at radius 3 is 2.49 bits per heavy atom. The molecule has 196 valence electrons. The highest BCUT2D eigenvalue weighted by molar-refractivity contribution is 5.91. The first-order valence-electron chi connectivity index (χ1n) is 12.0. The lowest BCUT2D eigenvalue weighted by Gasteiger charge is -2.35. The second-order valence-electron chi connectivity index (χ2n) is 8.61.